The molecule has 1 aliphatic carbocycles. The van der Waals surface area contributed by atoms with Gasteiger partial charge >= 0.3 is 0 Å². The van der Waals surface area contributed by atoms with Crippen LogP contribution in [0.3, 0.4) is 0 Å². The van der Waals surface area contributed by atoms with Crippen molar-refractivity contribution >= 4 is 17.2 Å². The molecular weight excluding hydrogens is 244 g/mol. The molecule has 1 N–H and O–H groups in total. The van der Waals surface area contributed by atoms with Crippen molar-refractivity contribution in [3.05, 3.63) is 40.9 Å². The molecule has 0 radical (unpaired) electrons. The molecule has 2 aromatic rings. The largest absolute Gasteiger partial charge is 0.349 e. The third kappa shape index (κ3) is 2.29. The molecule has 2 heterocycles. The lowest BCUT2D eigenvalue weighted by atomic mass is 10.1. The molecule has 3 rings (SSSR count). The first-order valence-corrected chi connectivity index (χ1v) is 6.94. The van der Waals surface area contributed by atoms with Gasteiger partial charge in [-0.2, -0.15) is 0 Å². The lowest BCUT2D eigenvalue weighted by molar-refractivity contribution is 0.0950. The third-order valence-corrected chi connectivity index (χ3v) is 3.91. The maximum absolute atomic E-state index is 12.0. The number of pyridine rings is 1. The van der Waals surface area contributed by atoms with Crippen molar-refractivity contribution in [2.45, 2.75) is 25.8 Å². The average molecular weight is 258 g/mol. The SMILES string of the molecule is Cc1nc(-c2cccs2)ccc1C(=O)NC1CC1. The number of carbonyl (C=O) groups is 1. The van der Waals surface area contributed by atoms with Crippen molar-refractivity contribution < 1.29 is 4.79 Å². The fourth-order valence-electron chi connectivity index (χ4n) is 1.85. The van der Waals surface area contributed by atoms with Crippen molar-refractivity contribution in [2.75, 3.05) is 0 Å². The molecule has 4 heteroatoms. The molecule has 0 spiro atoms. The van der Waals surface area contributed by atoms with Gasteiger partial charge in [0.2, 0.25) is 0 Å². The predicted molar refractivity (Wildman–Crippen MR) is 72.8 cm³/mol. The Morgan fingerprint density at radius 2 is 2.22 bits per heavy atom. The number of amides is 1. The van der Waals surface area contributed by atoms with Gasteiger partial charge in [-0.1, -0.05) is 6.07 Å². The lowest BCUT2D eigenvalue weighted by Crippen LogP contribution is -2.26. The van der Waals surface area contributed by atoms with Crippen LogP contribution in [0.2, 0.25) is 0 Å². The molecule has 0 aliphatic heterocycles. The van der Waals surface area contributed by atoms with E-state index in [4.69, 9.17) is 0 Å². The van der Waals surface area contributed by atoms with E-state index in [2.05, 4.69) is 10.3 Å². The molecule has 2 aromatic heterocycles. The van der Waals surface area contributed by atoms with Gasteiger partial charge < -0.3 is 5.32 Å². The Labute approximate surface area is 110 Å². The summed E-state index contributed by atoms with van der Waals surface area (Å²) in [5.74, 6) is 0.000213. The highest BCUT2D eigenvalue weighted by atomic mass is 32.1. The minimum Gasteiger partial charge on any atom is -0.349 e. The second-order valence-electron chi connectivity index (χ2n) is 4.55. The van der Waals surface area contributed by atoms with E-state index in [1.807, 2.05) is 36.6 Å². The van der Waals surface area contributed by atoms with Gasteiger partial charge in [-0.15, -0.1) is 11.3 Å². The second kappa shape index (κ2) is 4.53. The molecule has 1 amide bonds. The summed E-state index contributed by atoms with van der Waals surface area (Å²) in [6.45, 7) is 1.89. The number of nitrogens with one attached hydrogen (secondary N) is 1. The summed E-state index contributed by atoms with van der Waals surface area (Å²) < 4.78 is 0. The topological polar surface area (TPSA) is 42.0 Å². The zero-order chi connectivity index (χ0) is 12.5. The summed E-state index contributed by atoms with van der Waals surface area (Å²) in [6.07, 6.45) is 2.21. The minimum atomic E-state index is 0.000213. The van der Waals surface area contributed by atoms with Crippen LogP contribution in [-0.2, 0) is 0 Å². The fourth-order valence-corrected chi connectivity index (χ4v) is 2.55. The summed E-state index contributed by atoms with van der Waals surface area (Å²) in [5, 5.41) is 5.02. The first-order valence-electron chi connectivity index (χ1n) is 6.06. The molecule has 0 saturated heterocycles. The molecule has 92 valence electrons. The van der Waals surface area contributed by atoms with Crippen LogP contribution in [0.4, 0.5) is 0 Å². The maximum Gasteiger partial charge on any atom is 0.253 e. The first kappa shape index (κ1) is 11.4. The van der Waals surface area contributed by atoms with Crippen LogP contribution in [0, 0.1) is 6.92 Å². The van der Waals surface area contributed by atoms with Gasteiger partial charge in [0.15, 0.2) is 0 Å². The van der Waals surface area contributed by atoms with Gasteiger partial charge in [0.25, 0.3) is 5.91 Å². The molecule has 0 atom stereocenters. The number of aromatic nitrogens is 1. The second-order valence-corrected chi connectivity index (χ2v) is 5.50. The van der Waals surface area contributed by atoms with Gasteiger partial charge in [0.1, 0.15) is 0 Å². The molecule has 0 aromatic carbocycles. The Balaban J connectivity index is 1.86. The van der Waals surface area contributed by atoms with Gasteiger partial charge in [0, 0.05) is 6.04 Å². The molecule has 0 unspecified atom stereocenters. The van der Waals surface area contributed by atoms with Gasteiger partial charge in [-0.05, 0) is 43.3 Å². The van der Waals surface area contributed by atoms with Gasteiger partial charge in [-0.25, -0.2) is 0 Å². The lowest BCUT2D eigenvalue weighted by Gasteiger charge is -2.07. The average Bonchev–Trinajstić information content (AvgIpc) is 3.00. The fraction of sp³-hybridized carbons (Fsp3) is 0.286. The highest BCUT2D eigenvalue weighted by Crippen LogP contribution is 2.24. The Morgan fingerprint density at radius 1 is 1.39 bits per heavy atom. The highest BCUT2D eigenvalue weighted by Gasteiger charge is 2.24. The van der Waals surface area contributed by atoms with Crippen LogP contribution in [0.1, 0.15) is 28.9 Å². The zero-order valence-electron chi connectivity index (χ0n) is 10.1. The van der Waals surface area contributed by atoms with Gasteiger partial charge in [-0.3, -0.25) is 9.78 Å². The van der Waals surface area contributed by atoms with E-state index in [1.165, 1.54) is 0 Å². The van der Waals surface area contributed by atoms with Gasteiger partial charge in [0.05, 0.1) is 21.8 Å². The maximum atomic E-state index is 12.0. The molecule has 18 heavy (non-hydrogen) atoms. The minimum absolute atomic E-state index is 0.000213. The normalized spacial score (nSPS) is 14.5. The summed E-state index contributed by atoms with van der Waals surface area (Å²) in [6, 6.07) is 8.21. The van der Waals surface area contributed by atoms with Crippen molar-refractivity contribution in [3.8, 4) is 10.6 Å². The third-order valence-electron chi connectivity index (χ3n) is 3.02. The first-order chi connectivity index (χ1) is 8.74. The van der Waals surface area contributed by atoms with Crippen LogP contribution in [-0.4, -0.2) is 16.9 Å². The standard InChI is InChI=1S/C14H14N2OS/c1-9-11(14(17)16-10-4-5-10)6-7-12(15-9)13-3-2-8-18-13/h2-3,6-8,10H,4-5H2,1H3,(H,16,17). The molecule has 3 nitrogen and oxygen atoms in total. The number of rotatable bonds is 3. The quantitative estimate of drug-likeness (QED) is 0.919. The Bertz CT molecular complexity index is 573. The monoisotopic (exact) mass is 258 g/mol. The van der Waals surface area contributed by atoms with Crippen LogP contribution in [0.15, 0.2) is 29.6 Å². The van der Waals surface area contributed by atoms with Crippen molar-refractivity contribution in [1.82, 2.24) is 10.3 Å². The van der Waals surface area contributed by atoms with E-state index in [9.17, 15) is 4.79 Å². The van der Waals surface area contributed by atoms with E-state index in [-0.39, 0.29) is 5.91 Å². The number of hydrogen-bond acceptors (Lipinski definition) is 3. The van der Waals surface area contributed by atoms with Crippen LogP contribution in [0.25, 0.3) is 10.6 Å². The number of nitrogens with zero attached hydrogens (tertiary/aromatic N) is 1. The van der Waals surface area contributed by atoms with Crippen molar-refractivity contribution in [1.29, 1.82) is 0 Å². The van der Waals surface area contributed by atoms with Crippen molar-refractivity contribution in [3.63, 3.8) is 0 Å². The van der Waals surface area contributed by atoms with E-state index >= 15 is 0 Å². The Hall–Kier alpha value is -1.68. The summed E-state index contributed by atoms with van der Waals surface area (Å²) in [5.41, 5.74) is 2.41. The van der Waals surface area contributed by atoms with E-state index in [0.29, 0.717) is 11.6 Å². The van der Waals surface area contributed by atoms with E-state index in [0.717, 1.165) is 29.1 Å². The van der Waals surface area contributed by atoms with Crippen LogP contribution in [0.5, 0.6) is 0 Å². The molecule has 1 aliphatic rings. The Kier molecular flexibility index (Phi) is 2.88. The number of aryl methyl sites for hydroxylation is 1. The molecule has 1 fully saturated rings. The van der Waals surface area contributed by atoms with Crippen LogP contribution >= 0.6 is 11.3 Å². The molecule has 0 bridgehead atoms. The summed E-state index contributed by atoms with van der Waals surface area (Å²) in [7, 11) is 0. The van der Waals surface area contributed by atoms with E-state index < -0.39 is 0 Å². The summed E-state index contributed by atoms with van der Waals surface area (Å²) in [4.78, 5) is 17.6. The summed E-state index contributed by atoms with van der Waals surface area (Å²) >= 11 is 1.66. The predicted octanol–water partition coefficient (Wildman–Crippen LogP) is 3.01. The number of carbonyl (C=O) groups excluding carboxylic acids is 1. The van der Waals surface area contributed by atoms with E-state index in [1.54, 1.807) is 11.3 Å². The molecule has 1 saturated carbocycles. The zero-order valence-corrected chi connectivity index (χ0v) is 11.0. The smallest absolute Gasteiger partial charge is 0.253 e. The molecular formula is C14H14N2OS. The van der Waals surface area contributed by atoms with Crippen LogP contribution < -0.4 is 5.32 Å². The number of thiophene rings is 1. The Morgan fingerprint density at radius 3 is 2.83 bits per heavy atom. The number of hydrogen-bond donors (Lipinski definition) is 1. The highest BCUT2D eigenvalue weighted by molar-refractivity contribution is 7.13. The van der Waals surface area contributed by atoms with Crippen molar-refractivity contribution in [2.24, 2.45) is 0 Å².